The number of nitrogens with two attached hydrogens (primary N) is 1. The zero-order valence-electron chi connectivity index (χ0n) is 7.70. The number of hydrogen-bond donors (Lipinski definition) is 3. The monoisotopic (exact) mass is 187 g/mol. The second kappa shape index (κ2) is 5.77. The van der Waals surface area contributed by atoms with Gasteiger partial charge in [0.1, 0.15) is 5.84 Å². The summed E-state index contributed by atoms with van der Waals surface area (Å²) in [5, 5.41) is 14.3. The van der Waals surface area contributed by atoms with Gasteiger partial charge >= 0.3 is 0 Å². The van der Waals surface area contributed by atoms with Crippen molar-refractivity contribution in [3.8, 4) is 0 Å². The molecule has 0 aromatic carbocycles. The zero-order chi connectivity index (χ0) is 9.52. The average Bonchev–Trinajstić information content (AvgIpc) is 2.64. The SMILES string of the molecule is NC(CCNCC1CCCO1)=NO. The molecule has 1 aliphatic heterocycles. The minimum atomic E-state index is 0.264. The maximum Gasteiger partial charge on any atom is 0.140 e. The normalized spacial score (nSPS) is 23.7. The lowest BCUT2D eigenvalue weighted by Crippen LogP contribution is -2.29. The molecule has 1 saturated heterocycles. The molecule has 5 heteroatoms. The third kappa shape index (κ3) is 4.10. The van der Waals surface area contributed by atoms with Crippen LogP contribution in [0.5, 0.6) is 0 Å². The van der Waals surface area contributed by atoms with Crippen LogP contribution in [0.25, 0.3) is 0 Å². The number of rotatable bonds is 5. The lowest BCUT2D eigenvalue weighted by atomic mass is 10.2. The molecule has 0 aliphatic carbocycles. The number of nitrogens with zero attached hydrogens (tertiary/aromatic N) is 1. The van der Waals surface area contributed by atoms with Crippen LogP contribution < -0.4 is 11.1 Å². The fourth-order valence-electron chi connectivity index (χ4n) is 1.33. The largest absolute Gasteiger partial charge is 0.409 e. The first-order chi connectivity index (χ1) is 6.33. The highest BCUT2D eigenvalue weighted by Gasteiger charge is 2.14. The third-order valence-corrected chi connectivity index (χ3v) is 2.08. The topological polar surface area (TPSA) is 79.9 Å². The summed E-state index contributed by atoms with van der Waals surface area (Å²) in [4.78, 5) is 0. The molecule has 0 spiro atoms. The van der Waals surface area contributed by atoms with E-state index in [0.717, 1.165) is 32.5 Å². The highest BCUT2D eigenvalue weighted by molar-refractivity contribution is 5.79. The van der Waals surface area contributed by atoms with Gasteiger partial charge in [-0.2, -0.15) is 0 Å². The molecule has 1 atom stereocenters. The van der Waals surface area contributed by atoms with Crippen molar-refractivity contribution in [1.82, 2.24) is 5.32 Å². The summed E-state index contributed by atoms with van der Waals surface area (Å²) in [5.41, 5.74) is 5.30. The molecule has 0 aromatic rings. The Morgan fingerprint density at radius 3 is 3.15 bits per heavy atom. The van der Waals surface area contributed by atoms with Crippen LogP contribution >= 0.6 is 0 Å². The minimum absolute atomic E-state index is 0.264. The number of amidine groups is 1. The van der Waals surface area contributed by atoms with Gasteiger partial charge in [0.25, 0.3) is 0 Å². The lowest BCUT2D eigenvalue weighted by molar-refractivity contribution is 0.110. The van der Waals surface area contributed by atoms with Crippen LogP contribution in [0, 0.1) is 0 Å². The number of oxime groups is 1. The fraction of sp³-hybridized carbons (Fsp3) is 0.875. The molecular formula is C8H17N3O2. The maximum atomic E-state index is 8.26. The van der Waals surface area contributed by atoms with Gasteiger partial charge in [0.2, 0.25) is 0 Å². The summed E-state index contributed by atoms with van der Waals surface area (Å²) < 4.78 is 5.41. The van der Waals surface area contributed by atoms with E-state index in [2.05, 4.69) is 10.5 Å². The van der Waals surface area contributed by atoms with Crippen LogP contribution in [0.4, 0.5) is 0 Å². The predicted molar refractivity (Wildman–Crippen MR) is 49.9 cm³/mol. The first kappa shape index (κ1) is 10.3. The third-order valence-electron chi connectivity index (χ3n) is 2.08. The Morgan fingerprint density at radius 2 is 2.54 bits per heavy atom. The Bertz CT molecular complexity index is 167. The van der Waals surface area contributed by atoms with Crippen LogP contribution in [0.15, 0.2) is 5.16 Å². The Hall–Kier alpha value is -0.810. The van der Waals surface area contributed by atoms with Crippen molar-refractivity contribution in [1.29, 1.82) is 0 Å². The van der Waals surface area contributed by atoms with Crippen molar-refractivity contribution in [3.05, 3.63) is 0 Å². The second-order valence-corrected chi connectivity index (χ2v) is 3.18. The van der Waals surface area contributed by atoms with Crippen molar-refractivity contribution in [2.75, 3.05) is 19.7 Å². The quantitative estimate of drug-likeness (QED) is 0.184. The molecule has 1 heterocycles. The number of hydrogen-bond acceptors (Lipinski definition) is 4. The van der Waals surface area contributed by atoms with E-state index in [9.17, 15) is 0 Å². The molecule has 1 unspecified atom stereocenters. The molecule has 13 heavy (non-hydrogen) atoms. The van der Waals surface area contributed by atoms with Crippen molar-refractivity contribution >= 4 is 5.84 Å². The molecule has 0 amide bonds. The Kier molecular flexibility index (Phi) is 4.56. The van der Waals surface area contributed by atoms with Gasteiger partial charge in [-0.25, -0.2) is 0 Å². The van der Waals surface area contributed by atoms with Crippen LogP contribution in [-0.4, -0.2) is 36.8 Å². The smallest absolute Gasteiger partial charge is 0.140 e. The molecule has 4 N–H and O–H groups in total. The van der Waals surface area contributed by atoms with Gasteiger partial charge in [-0.1, -0.05) is 5.16 Å². The standard InChI is InChI=1S/C8H17N3O2/c9-8(11-12)3-4-10-6-7-2-1-5-13-7/h7,10,12H,1-6H2,(H2,9,11). The van der Waals surface area contributed by atoms with Crippen molar-refractivity contribution in [2.24, 2.45) is 10.9 Å². The van der Waals surface area contributed by atoms with Crippen LogP contribution in [0.2, 0.25) is 0 Å². The molecule has 1 aliphatic rings. The van der Waals surface area contributed by atoms with Crippen LogP contribution in [-0.2, 0) is 4.74 Å². The molecule has 0 aromatic heterocycles. The average molecular weight is 187 g/mol. The van der Waals surface area contributed by atoms with E-state index in [1.807, 2.05) is 0 Å². The van der Waals surface area contributed by atoms with Gasteiger partial charge < -0.3 is 21.0 Å². The van der Waals surface area contributed by atoms with Gasteiger partial charge in [0.15, 0.2) is 0 Å². The summed E-state index contributed by atoms with van der Waals surface area (Å²) >= 11 is 0. The zero-order valence-corrected chi connectivity index (χ0v) is 7.70. The summed E-state index contributed by atoms with van der Waals surface area (Å²) in [6.07, 6.45) is 3.22. The van der Waals surface area contributed by atoms with Gasteiger partial charge in [-0.3, -0.25) is 0 Å². The van der Waals surface area contributed by atoms with E-state index in [1.165, 1.54) is 0 Å². The minimum Gasteiger partial charge on any atom is -0.409 e. The first-order valence-corrected chi connectivity index (χ1v) is 4.61. The molecular weight excluding hydrogens is 170 g/mol. The van der Waals surface area contributed by atoms with E-state index in [-0.39, 0.29) is 5.84 Å². The fourth-order valence-corrected chi connectivity index (χ4v) is 1.33. The number of ether oxygens (including phenoxy) is 1. The predicted octanol–water partition coefficient (Wildman–Crippen LogP) is -0.109. The van der Waals surface area contributed by atoms with Gasteiger partial charge in [-0.05, 0) is 12.8 Å². The summed E-state index contributed by atoms with van der Waals surface area (Å²) in [7, 11) is 0. The second-order valence-electron chi connectivity index (χ2n) is 3.18. The van der Waals surface area contributed by atoms with E-state index in [1.54, 1.807) is 0 Å². The molecule has 0 bridgehead atoms. The van der Waals surface area contributed by atoms with E-state index < -0.39 is 0 Å². The van der Waals surface area contributed by atoms with Crippen LogP contribution in [0.1, 0.15) is 19.3 Å². The Balaban J connectivity index is 1.94. The van der Waals surface area contributed by atoms with Gasteiger partial charge in [-0.15, -0.1) is 0 Å². The van der Waals surface area contributed by atoms with Crippen molar-refractivity contribution in [2.45, 2.75) is 25.4 Å². The first-order valence-electron chi connectivity index (χ1n) is 4.61. The molecule has 1 rings (SSSR count). The summed E-state index contributed by atoms with van der Waals surface area (Å²) in [6, 6.07) is 0. The summed E-state index contributed by atoms with van der Waals surface area (Å²) in [5.74, 6) is 0.264. The molecule has 1 fully saturated rings. The van der Waals surface area contributed by atoms with E-state index in [4.69, 9.17) is 15.7 Å². The van der Waals surface area contributed by atoms with Crippen LogP contribution in [0.3, 0.4) is 0 Å². The van der Waals surface area contributed by atoms with Crippen molar-refractivity contribution in [3.63, 3.8) is 0 Å². The highest BCUT2D eigenvalue weighted by atomic mass is 16.5. The summed E-state index contributed by atoms with van der Waals surface area (Å²) in [6.45, 7) is 2.47. The molecule has 0 radical (unpaired) electrons. The Labute approximate surface area is 77.9 Å². The van der Waals surface area contributed by atoms with E-state index in [0.29, 0.717) is 12.5 Å². The van der Waals surface area contributed by atoms with E-state index >= 15 is 0 Å². The Morgan fingerprint density at radius 1 is 1.69 bits per heavy atom. The van der Waals surface area contributed by atoms with Gasteiger partial charge in [0.05, 0.1) is 6.10 Å². The van der Waals surface area contributed by atoms with Crippen molar-refractivity contribution < 1.29 is 9.94 Å². The molecule has 5 nitrogen and oxygen atoms in total. The molecule has 0 saturated carbocycles. The highest BCUT2D eigenvalue weighted by Crippen LogP contribution is 2.10. The maximum absolute atomic E-state index is 8.26. The van der Waals surface area contributed by atoms with Gasteiger partial charge in [0, 0.05) is 26.1 Å². The molecule has 76 valence electrons. The lowest BCUT2D eigenvalue weighted by Gasteiger charge is -2.09. The number of nitrogens with one attached hydrogen (secondary N) is 1.